The van der Waals surface area contributed by atoms with E-state index in [2.05, 4.69) is 5.32 Å². The predicted octanol–water partition coefficient (Wildman–Crippen LogP) is 1.52. The lowest BCUT2D eigenvalue weighted by molar-refractivity contribution is -0.121. The fraction of sp³-hybridized carbons (Fsp3) is 0.562. The van der Waals surface area contributed by atoms with Crippen LogP contribution >= 0.6 is 0 Å². The molecule has 116 valence electrons. The second-order valence-corrected chi connectivity index (χ2v) is 5.77. The lowest BCUT2D eigenvalue weighted by Gasteiger charge is -2.23. The average Bonchev–Trinajstić information content (AvgIpc) is 3.30. The van der Waals surface area contributed by atoms with E-state index in [-0.39, 0.29) is 12.3 Å². The zero-order chi connectivity index (χ0) is 15.5. The zero-order valence-corrected chi connectivity index (χ0v) is 12.8. The van der Waals surface area contributed by atoms with Gasteiger partial charge in [-0.25, -0.2) is 0 Å². The number of hydrogen-bond acceptors (Lipinski definition) is 4. The number of carbonyl (C=O) groups excluding carboxylic acids is 1. The third kappa shape index (κ3) is 4.11. The molecule has 5 nitrogen and oxygen atoms in total. The molecule has 0 spiro atoms. The topological polar surface area (TPSA) is 67.8 Å². The fourth-order valence-corrected chi connectivity index (χ4v) is 2.37. The van der Waals surface area contributed by atoms with Crippen molar-refractivity contribution >= 4 is 5.91 Å². The normalized spacial score (nSPS) is 17.0. The number of ether oxygens (including phenoxy) is 2. The minimum absolute atomic E-state index is 0.108. The third-order valence-corrected chi connectivity index (χ3v) is 3.91. The van der Waals surface area contributed by atoms with Gasteiger partial charge in [-0.15, -0.1) is 0 Å². The highest BCUT2D eigenvalue weighted by molar-refractivity contribution is 5.78. The molecular formula is C16H23NO4. The van der Waals surface area contributed by atoms with Crippen LogP contribution in [0.5, 0.6) is 11.5 Å². The molecule has 0 heterocycles. The maximum Gasteiger partial charge on any atom is 0.224 e. The molecule has 0 radical (unpaired) electrons. The van der Waals surface area contributed by atoms with Crippen molar-refractivity contribution in [1.82, 2.24) is 5.32 Å². The summed E-state index contributed by atoms with van der Waals surface area (Å²) in [7, 11) is 3.14. The molecule has 0 unspecified atom stereocenters. The van der Waals surface area contributed by atoms with Crippen LogP contribution in [-0.2, 0) is 11.2 Å². The number of rotatable bonds is 7. The highest BCUT2D eigenvalue weighted by Gasteiger charge is 2.39. The molecule has 21 heavy (non-hydrogen) atoms. The van der Waals surface area contributed by atoms with Gasteiger partial charge in [-0.2, -0.15) is 0 Å². The van der Waals surface area contributed by atoms with Gasteiger partial charge in [0.25, 0.3) is 0 Å². The van der Waals surface area contributed by atoms with Gasteiger partial charge < -0.3 is 19.9 Å². The number of carbonyl (C=O) groups is 1. The maximum atomic E-state index is 12.0. The van der Waals surface area contributed by atoms with E-state index in [9.17, 15) is 9.90 Å². The van der Waals surface area contributed by atoms with Crippen molar-refractivity contribution in [2.24, 2.45) is 5.92 Å². The molecule has 1 saturated carbocycles. The van der Waals surface area contributed by atoms with Gasteiger partial charge in [-0.3, -0.25) is 4.79 Å². The van der Waals surface area contributed by atoms with Crippen LogP contribution in [0, 0.1) is 5.92 Å². The second kappa shape index (κ2) is 6.35. The number of benzene rings is 1. The number of aliphatic hydroxyl groups is 1. The molecule has 1 amide bonds. The molecule has 0 aliphatic heterocycles. The molecule has 0 aromatic heterocycles. The minimum Gasteiger partial charge on any atom is -0.493 e. The first-order valence-corrected chi connectivity index (χ1v) is 7.16. The van der Waals surface area contributed by atoms with Crippen molar-refractivity contribution in [3.63, 3.8) is 0 Å². The Morgan fingerprint density at radius 2 is 2.00 bits per heavy atom. The molecule has 1 aromatic rings. The SMILES string of the molecule is COc1ccc(CC(=O)NC[C@](C)(O)C2CC2)cc1OC. The summed E-state index contributed by atoms with van der Waals surface area (Å²) in [6.45, 7) is 2.07. The van der Waals surface area contributed by atoms with Gasteiger partial charge in [0, 0.05) is 6.54 Å². The van der Waals surface area contributed by atoms with E-state index < -0.39 is 5.60 Å². The van der Waals surface area contributed by atoms with Crippen molar-refractivity contribution in [3.05, 3.63) is 23.8 Å². The average molecular weight is 293 g/mol. The largest absolute Gasteiger partial charge is 0.493 e. The van der Waals surface area contributed by atoms with Gasteiger partial charge >= 0.3 is 0 Å². The molecule has 5 heteroatoms. The predicted molar refractivity (Wildman–Crippen MR) is 79.6 cm³/mol. The number of hydrogen-bond donors (Lipinski definition) is 2. The summed E-state index contributed by atoms with van der Waals surface area (Å²) in [6.07, 6.45) is 2.33. The van der Waals surface area contributed by atoms with E-state index in [1.165, 1.54) is 0 Å². The lowest BCUT2D eigenvalue weighted by atomic mass is 10.0. The molecule has 2 N–H and O–H groups in total. The summed E-state index contributed by atoms with van der Waals surface area (Å²) in [4.78, 5) is 12.0. The van der Waals surface area contributed by atoms with Crippen LogP contribution < -0.4 is 14.8 Å². The lowest BCUT2D eigenvalue weighted by Crippen LogP contribution is -2.42. The molecule has 0 bridgehead atoms. The Morgan fingerprint density at radius 1 is 1.33 bits per heavy atom. The van der Waals surface area contributed by atoms with E-state index in [0.29, 0.717) is 24.0 Å². The molecule has 1 aliphatic carbocycles. The summed E-state index contributed by atoms with van der Waals surface area (Å²) in [5, 5.41) is 13.0. The van der Waals surface area contributed by atoms with Crippen LogP contribution in [0.1, 0.15) is 25.3 Å². The van der Waals surface area contributed by atoms with Crippen LogP contribution in [0.15, 0.2) is 18.2 Å². The molecule has 1 aromatic carbocycles. The molecule has 1 aliphatic rings. The Hall–Kier alpha value is -1.75. The second-order valence-electron chi connectivity index (χ2n) is 5.77. The quantitative estimate of drug-likeness (QED) is 0.800. The van der Waals surface area contributed by atoms with Gasteiger partial charge in [-0.05, 0) is 43.4 Å². The fourth-order valence-electron chi connectivity index (χ4n) is 2.37. The van der Waals surface area contributed by atoms with E-state index in [4.69, 9.17) is 9.47 Å². The van der Waals surface area contributed by atoms with Crippen LogP contribution in [0.25, 0.3) is 0 Å². The summed E-state index contributed by atoms with van der Waals surface area (Å²) in [5.74, 6) is 1.45. The first kappa shape index (κ1) is 15.6. The first-order valence-electron chi connectivity index (χ1n) is 7.16. The maximum absolute atomic E-state index is 12.0. The van der Waals surface area contributed by atoms with Gasteiger partial charge in [0.1, 0.15) is 0 Å². The summed E-state index contributed by atoms with van der Waals surface area (Å²) in [6, 6.07) is 5.40. The van der Waals surface area contributed by atoms with E-state index >= 15 is 0 Å². The highest BCUT2D eigenvalue weighted by atomic mass is 16.5. The summed E-state index contributed by atoms with van der Waals surface area (Å²) in [5.41, 5.74) is 0.0454. The summed E-state index contributed by atoms with van der Waals surface area (Å²) < 4.78 is 10.4. The monoisotopic (exact) mass is 293 g/mol. The van der Waals surface area contributed by atoms with Crippen molar-refractivity contribution in [2.75, 3.05) is 20.8 Å². The van der Waals surface area contributed by atoms with Gasteiger partial charge in [0.05, 0.1) is 26.2 Å². The molecule has 0 saturated heterocycles. The molecular weight excluding hydrogens is 270 g/mol. The summed E-state index contributed by atoms with van der Waals surface area (Å²) >= 11 is 0. The number of methoxy groups -OCH3 is 2. The minimum atomic E-state index is -0.798. The van der Waals surface area contributed by atoms with Crippen LogP contribution in [0.3, 0.4) is 0 Å². The Bertz CT molecular complexity index is 509. The molecule has 1 atom stereocenters. The van der Waals surface area contributed by atoms with E-state index in [1.54, 1.807) is 33.3 Å². The van der Waals surface area contributed by atoms with Crippen LogP contribution in [-0.4, -0.2) is 37.4 Å². The van der Waals surface area contributed by atoms with Crippen molar-refractivity contribution < 1.29 is 19.4 Å². The van der Waals surface area contributed by atoms with Crippen molar-refractivity contribution in [2.45, 2.75) is 31.8 Å². The Balaban J connectivity index is 1.90. The van der Waals surface area contributed by atoms with Gasteiger partial charge in [0.2, 0.25) is 5.91 Å². The first-order chi connectivity index (χ1) is 9.96. The number of nitrogens with one attached hydrogen (secondary N) is 1. The van der Waals surface area contributed by atoms with Crippen LogP contribution in [0.2, 0.25) is 0 Å². The Morgan fingerprint density at radius 3 is 2.57 bits per heavy atom. The number of amides is 1. The van der Waals surface area contributed by atoms with E-state index in [0.717, 1.165) is 18.4 Å². The van der Waals surface area contributed by atoms with E-state index in [1.807, 2.05) is 6.07 Å². The molecule has 2 rings (SSSR count). The Kier molecular flexibility index (Phi) is 4.73. The van der Waals surface area contributed by atoms with Gasteiger partial charge in [-0.1, -0.05) is 6.07 Å². The zero-order valence-electron chi connectivity index (χ0n) is 12.8. The van der Waals surface area contributed by atoms with Crippen LogP contribution in [0.4, 0.5) is 0 Å². The standard InChI is InChI=1S/C16H23NO4/c1-16(19,12-5-6-12)10-17-15(18)9-11-4-7-13(20-2)14(8-11)21-3/h4,7-8,12,19H,5-6,9-10H2,1-3H3,(H,17,18)/t16-/m0/s1. The third-order valence-electron chi connectivity index (χ3n) is 3.91. The van der Waals surface area contributed by atoms with Gasteiger partial charge in [0.15, 0.2) is 11.5 Å². The smallest absolute Gasteiger partial charge is 0.224 e. The van der Waals surface area contributed by atoms with Crippen molar-refractivity contribution in [1.29, 1.82) is 0 Å². The van der Waals surface area contributed by atoms with Crippen molar-refractivity contribution in [3.8, 4) is 11.5 Å². The molecule has 1 fully saturated rings. The Labute approximate surface area is 125 Å². The highest BCUT2D eigenvalue weighted by Crippen LogP contribution is 2.39.